The van der Waals surface area contributed by atoms with Crippen LogP contribution in [0.2, 0.25) is 0 Å². The monoisotopic (exact) mass is 293 g/mol. The summed E-state index contributed by atoms with van der Waals surface area (Å²) < 4.78 is 0. The molecule has 0 unspecified atom stereocenters. The Bertz CT molecular complexity index is 260. The first-order valence-electron chi connectivity index (χ1n) is 7.51. The van der Waals surface area contributed by atoms with Crippen LogP contribution in [0.1, 0.15) is 71.1 Å². The molecule has 20 heavy (non-hydrogen) atoms. The summed E-state index contributed by atoms with van der Waals surface area (Å²) in [6.45, 7) is 1.91. The zero-order valence-corrected chi connectivity index (χ0v) is 15.5. The van der Waals surface area contributed by atoms with Gasteiger partial charge in [-0.2, -0.15) is 0 Å². The summed E-state index contributed by atoms with van der Waals surface area (Å²) in [5, 5.41) is 10.3. The van der Waals surface area contributed by atoms with Crippen LogP contribution in [-0.4, -0.2) is 30.4 Å². The van der Waals surface area contributed by atoms with Crippen LogP contribution in [0.4, 0.5) is 0 Å². The molecule has 4 nitrogen and oxygen atoms in total. The fourth-order valence-corrected chi connectivity index (χ4v) is 2.06. The van der Waals surface area contributed by atoms with Gasteiger partial charge in [0.1, 0.15) is 0 Å². The summed E-state index contributed by atoms with van der Waals surface area (Å²) in [6, 6.07) is 0. The van der Waals surface area contributed by atoms with Crippen LogP contribution in [0.3, 0.4) is 0 Å². The predicted molar refractivity (Wildman–Crippen MR) is 74.5 cm³/mol. The Morgan fingerprint density at radius 3 is 1.80 bits per heavy atom. The summed E-state index contributed by atoms with van der Waals surface area (Å²) in [5.41, 5.74) is 0. The molecule has 112 valence electrons. The molecular formula is C15H28NNaO3. The van der Waals surface area contributed by atoms with Gasteiger partial charge >= 0.3 is 29.6 Å². The van der Waals surface area contributed by atoms with E-state index in [1.165, 1.54) is 56.9 Å². The quantitative estimate of drug-likeness (QED) is 0.347. The maximum atomic E-state index is 11.5. The van der Waals surface area contributed by atoms with Gasteiger partial charge in [-0.15, -0.1) is 0 Å². The minimum atomic E-state index is -1.21. The topological polar surface area (TPSA) is 60.4 Å². The molecule has 0 heterocycles. The van der Waals surface area contributed by atoms with Gasteiger partial charge in [0.05, 0.1) is 12.5 Å². The van der Waals surface area contributed by atoms with E-state index >= 15 is 0 Å². The van der Waals surface area contributed by atoms with Crippen LogP contribution in [-0.2, 0) is 9.59 Å². The van der Waals surface area contributed by atoms with Crippen molar-refractivity contribution in [2.24, 2.45) is 0 Å². The van der Waals surface area contributed by atoms with Crippen molar-refractivity contribution in [2.45, 2.75) is 71.1 Å². The Labute approximate surface area is 145 Å². The molecule has 0 aliphatic heterocycles. The van der Waals surface area contributed by atoms with Crippen molar-refractivity contribution >= 4 is 11.9 Å². The van der Waals surface area contributed by atoms with Crippen LogP contribution in [0, 0.1) is 0 Å². The first kappa shape index (κ1) is 22.2. The predicted octanol–water partition coefficient (Wildman–Crippen LogP) is -0.880. The van der Waals surface area contributed by atoms with Crippen molar-refractivity contribution in [3.63, 3.8) is 0 Å². The van der Waals surface area contributed by atoms with Crippen molar-refractivity contribution in [3.8, 4) is 0 Å². The van der Waals surface area contributed by atoms with Crippen LogP contribution in [0.5, 0.6) is 0 Å². The molecule has 0 aromatic rings. The summed E-state index contributed by atoms with van der Waals surface area (Å²) in [4.78, 5) is 23.1. The number of hydrogen-bond donors (Lipinski definition) is 0. The van der Waals surface area contributed by atoms with Gasteiger partial charge in [0.15, 0.2) is 0 Å². The summed E-state index contributed by atoms with van der Waals surface area (Å²) in [6.07, 6.45) is 11.3. The molecule has 0 atom stereocenters. The first-order valence-corrected chi connectivity index (χ1v) is 7.51. The number of nitrogens with zero attached hydrogens (tertiary/aromatic N) is 1. The minimum Gasteiger partial charge on any atom is -0.548 e. The van der Waals surface area contributed by atoms with Crippen LogP contribution in [0.15, 0.2) is 0 Å². The molecule has 5 heteroatoms. The smallest absolute Gasteiger partial charge is 0.548 e. The fraction of sp³-hybridized carbons (Fsp3) is 0.867. The van der Waals surface area contributed by atoms with E-state index in [2.05, 4.69) is 6.92 Å². The first-order chi connectivity index (χ1) is 9.07. The maximum absolute atomic E-state index is 11.5. The van der Waals surface area contributed by atoms with Gasteiger partial charge in [-0.05, 0) is 6.42 Å². The molecule has 0 N–H and O–H groups in total. The van der Waals surface area contributed by atoms with E-state index in [4.69, 9.17) is 0 Å². The zero-order valence-electron chi connectivity index (χ0n) is 13.5. The third-order valence-electron chi connectivity index (χ3n) is 3.29. The van der Waals surface area contributed by atoms with Gasteiger partial charge in [0.25, 0.3) is 0 Å². The number of carbonyl (C=O) groups excluding carboxylic acids is 2. The van der Waals surface area contributed by atoms with Gasteiger partial charge in [-0.25, -0.2) is 0 Å². The standard InChI is InChI=1S/C15H29NO3.Na/c1-3-4-5-6-7-8-9-10-11-12-14(17)16(2)13-15(18)19;/h3-13H2,1-2H3,(H,18,19);/q;+1/p-1. The van der Waals surface area contributed by atoms with Crippen LogP contribution in [0.25, 0.3) is 0 Å². The van der Waals surface area contributed by atoms with Gasteiger partial charge in [0, 0.05) is 13.5 Å². The van der Waals surface area contributed by atoms with Crippen LogP contribution < -0.4 is 34.7 Å². The summed E-state index contributed by atoms with van der Waals surface area (Å²) >= 11 is 0. The van der Waals surface area contributed by atoms with E-state index in [0.29, 0.717) is 6.42 Å². The fourth-order valence-electron chi connectivity index (χ4n) is 2.06. The molecule has 0 bridgehead atoms. The normalized spacial score (nSPS) is 9.90. The second kappa shape index (κ2) is 15.3. The van der Waals surface area contributed by atoms with E-state index in [1.807, 2.05) is 0 Å². The molecule has 0 aromatic carbocycles. The Morgan fingerprint density at radius 1 is 0.900 bits per heavy atom. The number of carbonyl (C=O) groups is 2. The van der Waals surface area contributed by atoms with Crippen molar-refractivity contribution in [1.29, 1.82) is 0 Å². The Hall–Kier alpha value is -0.0600. The average Bonchev–Trinajstić information content (AvgIpc) is 2.35. The van der Waals surface area contributed by atoms with Gasteiger partial charge in [-0.3, -0.25) is 4.79 Å². The third-order valence-corrected chi connectivity index (χ3v) is 3.29. The zero-order chi connectivity index (χ0) is 14.5. The van der Waals surface area contributed by atoms with Gasteiger partial charge < -0.3 is 14.8 Å². The number of carboxylic acid groups (broad SMARTS) is 1. The maximum Gasteiger partial charge on any atom is 1.00 e. The minimum absolute atomic E-state index is 0. The van der Waals surface area contributed by atoms with E-state index < -0.39 is 5.97 Å². The molecule has 0 aromatic heterocycles. The molecule has 0 spiro atoms. The van der Waals surface area contributed by atoms with Crippen molar-refractivity contribution < 1.29 is 44.3 Å². The van der Waals surface area contributed by atoms with Gasteiger partial charge in [-0.1, -0.05) is 58.3 Å². The van der Waals surface area contributed by atoms with E-state index in [-0.39, 0.29) is 42.0 Å². The Kier molecular flexibility index (Phi) is 17.0. The van der Waals surface area contributed by atoms with Crippen molar-refractivity contribution in [1.82, 2.24) is 4.90 Å². The van der Waals surface area contributed by atoms with Crippen molar-refractivity contribution in [3.05, 3.63) is 0 Å². The molecule has 0 fully saturated rings. The number of carboxylic acids is 1. The molecule has 0 rings (SSSR count). The Morgan fingerprint density at radius 2 is 1.35 bits per heavy atom. The summed E-state index contributed by atoms with van der Waals surface area (Å²) in [5.74, 6) is -1.31. The second-order valence-electron chi connectivity index (χ2n) is 5.20. The molecule has 0 radical (unpaired) electrons. The van der Waals surface area contributed by atoms with E-state index in [0.717, 1.165) is 12.8 Å². The number of likely N-dealkylation sites (N-methyl/N-ethyl adjacent to an activating group) is 1. The number of aliphatic carboxylic acids is 1. The van der Waals surface area contributed by atoms with E-state index in [1.54, 1.807) is 0 Å². The van der Waals surface area contributed by atoms with Crippen LogP contribution >= 0.6 is 0 Å². The largest absolute Gasteiger partial charge is 1.00 e. The summed E-state index contributed by atoms with van der Waals surface area (Å²) in [7, 11) is 1.51. The van der Waals surface area contributed by atoms with Gasteiger partial charge in [0.2, 0.25) is 5.91 Å². The molecule has 0 aliphatic rings. The number of rotatable bonds is 12. The SMILES string of the molecule is CCCCCCCCCCCC(=O)N(C)CC(=O)[O-].[Na+]. The van der Waals surface area contributed by atoms with Crippen molar-refractivity contribution in [2.75, 3.05) is 13.6 Å². The third kappa shape index (κ3) is 14.4. The average molecular weight is 293 g/mol. The molecule has 1 amide bonds. The molecular weight excluding hydrogens is 265 g/mol. The number of amides is 1. The second-order valence-corrected chi connectivity index (χ2v) is 5.20. The number of hydrogen-bond acceptors (Lipinski definition) is 3. The molecule has 0 saturated carbocycles. The Balaban J connectivity index is 0. The number of unbranched alkanes of at least 4 members (excludes halogenated alkanes) is 8. The molecule has 0 saturated heterocycles. The molecule has 0 aliphatic carbocycles. The van der Waals surface area contributed by atoms with E-state index in [9.17, 15) is 14.7 Å².